The van der Waals surface area contributed by atoms with E-state index in [-0.39, 0.29) is 11.3 Å². The Hall–Kier alpha value is -4.01. The van der Waals surface area contributed by atoms with Crippen molar-refractivity contribution in [2.24, 2.45) is 0 Å². The highest BCUT2D eigenvalue weighted by atomic mass is 19.1. The second-order valence-electron chi connectivity index (χ2n) is 10.2. The molecule has 2 heterocycles. The molecule has 7 nitrogen and oxygen atoms in total. The van der Waals surface area contributed by atoms with Crippen LogP contribution in [0.2, 0.25) is 0 Å². The van der Waals surface area contributed by atoms with Crippen LogP contribution in [0, 0.1) is 12.7 Å². The zero-order chi connectivity index (χ0) is 28.1. The van der Waals surface area contributed by atoms with E-state index in [1.165, 1.54) is 17.0 Å². The number of morpholine rings is 1. The third-order valence-electron chi connectivity index (χ3n) is 7.32. The maximum Gasteiger partial charge on any atom is 0.295 e. The Labute approximate surface area is 233 Å². The van der Waals surface area contributed by atoms with Gasteiger partial charge in [-0.25, -0.2) is 4.39 Å². The summed E-state index contributed by atoms with van der Waals surface area (Å²) in [7, 11) is 0. The molecule has 2 fully saturated rings. The van der Waals surface area contributed by atoms with Gasteiger partial charge >= 0.3 is 0 Å². The molecule has 2 saturated heterocycles. The van der Waals surface area contributed by atoms with Crippen LogP contribution in [0.3, 0.4) is 0 Å². The highest BCUT2D eigenvalue weighted by molar-refractivity contribution is 6.46. The first-order valence-electron chi connectivity index (χ1n) is 13.5. The van der Waals surface area contributed by atoms with Crippen molar-refractivity contribution >= 4 is 17.4 Å². The Kier molecular flexibility index (Phi) is 8.57. The smallest absolute Gasteiger partial charge is 0.295 e. The lowest BCUT2D eigenvalue weighted by Crippen LogP contribution is -2.38. The average molecular weight is 545 g/mol. The number of halogens is 1. The quantitative estimate of drug-likeness (QED) is 0.236. The summed E-state index contributed by atoms with van der Waals surface area (Å²) < 4.78 is 25.0. The molecule has 0 spiro atoms. The third kappa shape index (κ3) is 6.24. The molecular formula is C32H33FN2O5. The zero-order valence-electron chi connectivity index (χ0n) is 22.5. The van der Waals surface area contributed by atoms with Crippen molar-refractivity contribution in [1.29, 1.82) is 0 Å². The first-order valence-corrected chi connectivity index (χ1v) is 13.5. The van der Waals surface area contributed by atoms with Crippen molar-refractivity contribution < 1.29 is 28.6 Å². The van der Waals surface area contributed by atoms with Gasteiger partial charge in [-0.1, -0.05) is 42.0 Å². The molecule has 0 radical (unpaired) electrons. The number of amides is 1. The third-order valence-corrected chi connectivity index (χ3v) is 7.32. The number of aliphatic hydroxyl groups is 1. The van der Waals surface area contributed by atoms with Gasteiger partial charge in [-0.05, 0) is 60.9 Å². The summed E-state index contributed by atoms with van der Waals surface area (Å²) in [5.74, 6) is -1.51. The van der Waals surface area contributed by atoms with Gasteiger partial charge in [-0.15, -0.1) is 0 Å². The molecule has 208 valence electrons. The van der Waals surface area contributed by atoms with Gasteiger partial charge in [-0.3, -0.25) is 14.5 Å². The Morgan fingerprint density at radius 1 is 1.00 bits per heavy atom. The van der Waals surface area contributed by atoms with Crippen molar-refractivity contribution in [1.82, 2.24) is 9.80 Å². The van der Waals surface area contributed by atoms with Crippen LogP contribution >= 0.6 is 0 Å². The van der Waals surface area contributed by atoms with Gasteiger partial charge in [0.1, 0.15) is 23.9 Å². The lowest BCUT2D eigenvalue weighted by molar-refractivity contribution is -0.140. The van der Waals surface area contributed by atoms with E-state index in [0.29, 0.717) is 49.7 Å². The number of ketones is 1. The van der Waals surface area contributed by atoms with E-state index in [4.69, 9.17) is 9.47 Å². The summed E-state index contributed by atoms with van der Waals surface area (Å²) in [5.41, 5.74) is 3.14. The van der Waals surface area contributed by atoms with Crippen LogP contribution in [0.1, 0.15) is 34.7 Å². The molecule has 0 saturated carbocycles. The first kappa shape index (κ1) is 27.6. The SMILES string of the molecule is Cc1cccc(COc2ccc(C(O)=C3C(=O)C(=O)N(CCCN4CCOCC4)[C@@H]3c3ccc(F)cc3)cc2)c1. The summed E-state index contributed by atoms with van der Waals surface area (Å²) >= 11 is 0. The van der Waals surface area contributed by atoms with E-state index in [1.807, 2.05) is 25.1 Å². The number of hydrogen-bond donors (Lipinski definition) is 1. The highest BCUT2D eigenvalue weighted by Crippen LogP contribution is 2.39. The molecule has 1 amide bonds. The van der Waals surface area contributed by atoms with Crippen molar-refractivity contribution in [2.75, 3.05) is 39.4 Å². The van der Waals surface area contributed by atoms with Gasteiger partial charge in [0.15, 0.2) is 0 Å². The number of carbonyl (C=O) groups is 2. The fourth-order valence-corrected chi connectivity index (χ4v) is 5.22. The molecule has 3 aromatic carbocycles. The second-order valence-corrected chi connectivity index (χ2v) is 10.2. The Morgan fingerprint density at radius 3 is 2.42 bits per heavy atom. The van der Waals surface area contributed by atoms with Gasteiger partial charge in [-0.2, -0.15) is 0 Å². The largest absolute Gasteiger partial charge is 0.507 e. The van der Waals surface area contributed by atoms with Crippen LogP contribution in [-0.2, 0) is 20.9 Å². The molecule has 0 unspecified atom stereocenters. The summed E-state index contributed by atoms with van der Waals surface area (Å²) in [5, 5.41) is 11.3. The van der Waals surface area contributed by atoms with Crippen molar-refractivity contribution in [3.8, 4) is 5.75 Å². The van der Waals surface area contributed by atoms with Gasteiger partial charge in [0.2, 0.25) is 0 Å². The van der Waals surface area contributed by atoms with Crippen molar-refractivity contribution in [2.45, 2.75) is 26.0 Å². The van der Waals surface area contributed by atoms with E-state index >= 15 is 0 Å². The van der Waals surface area contributed by atoms with Crippen LogP contribution < -0.4 is 4.74 Å². The van der Waals surface area contributed by atoms with Gasteiger partial charge < -0.3 is 19.5 Å². The Morgan fingerprint density at radius 2 is 1.73 bits per heavy atom. The predicted octanol–water partition coefficient (Wildman–Crippen LogP) is 4.86. The van der Waals surface area contributed by atoms with Gasteiger partial charge in [0.25, 0.3) is 11.7 Å². The number of benzene rings is 3. The molecular weight excluding hydrogens is 511 g/mol. The van der Waals surface area contributed by atoms with Gasteiger partial charge in [0.05, 0.1) is 24.8 Å². The number of aryl methyl sites for hydroxylation is 1. The number of hydrogen-bond acceptors (Lipinski definition) is 6. The fourth-order valence-electron chi connectivity index (χ4n) is 5.22. The normalized spacial score (nSPS) is 19.2. The maximum absolute atomic E-state index is 13.7. The number of carbonyl (C=O) groups excluding carboxylic acids is 2. The van der Waals surface area contributed by atoms with E-state index in [0.717, 1.165) is 30.8 Å². The molecule has 5 rings (SSSR count). The van der Waals surface area contributed by atoms with Crippen LogP contribution in [-0.4, -0.2) is 66.0 Å². The average Bonchev–Trinajstić information content (AvgIpc) is 3.22. The van der Waals surface area contributed by atoms with Gasteiger partial charge in [0, 0.05) is 31.7 Å². The number of aliphatic hydroxyl groups excluding tert-OH is 1. The summed E-state index contributed by atoms with van der Waals surface area (Å²) in [6, 6.07) is 19.7. The fraction of sp³-hybridized carbons (Fsp3) is 0.312. The van der Waals surface area contributed by atoms with Crippen LogP contribution in [0.25, 0.3) is 5.76 Å². The maximum atomic E-state index is 13.7. The summed E-state index contributed by atoms with van der Waals surface area (Å²) in [4.78, 5) is 30.2. The lowest BCUT2D eigenvalue weighted by atomic mass is 9.95. The molecule has 1 N–H and O–H groups in total. The Bertz CT molecular complexity index is 1380. The minimum atomic E-state index is -0.817. The van der Waals surface area contributed by atoms with E-state index < -0.39 is 23.5 Å². The standard InChI is InChI=1S/C32H33FN2O5/c1-22-4-2-5-23(20-22)21-40-27-12-8-25(9-13-27)30(36)28-29(24-6-10-26(33)11-7-24)35(32(38)31(28)37)15-3-14-34-16-18-39-19-17-34/h2,4-13,20,29,36H,3,14-19,21H2,1H3/t29-/m1/s1. The summed E-state index contributed by atoms with van der Waals surface area (Å²) in [6.45, 7) is 6.50. The Balaban J connectivity index is 1.38. The van der Waals surface area contributed by atoms with E-state index in [2.05, 4.69) is 11.0 Å². The number of nitrogens with zero attached hydrogens (tertiary/aromatic N) is 2. The number of rotatable bonds is 9. The lowest BCUT2D eigenvalue weighted by Gasteiger charge is -2.29. The molecule has 2 aliphatic heterocycles. The molecule has 1 atom stereocenters. The zero-order valence-corrected chi connectivity index (χ0v) is 22.5. The summed E-state index contributed by atoms with van der Waals surface area (Å²) in [6.07, 6.45) is 0.651. The highest BCUT2D eigenvalue weighted by Gasteiger charge is 2.45. The van der Waals surface area contributed by atoms with Crippen LogP contribution in [0.5, 0.6) is 5.75 Å². The van der Waals surface area contributed by atoms with E-state index in [1.54, 1.807) is 36.4 Å². The van der Waals surface area contributed by atoms with Crippen LogP contribution in [0.4, 0.5) is 4.39 Å². The second kappa shape index (κ2) is 12.4. The number of likely N-dealkylation sites (tertiary alicyclic amines) is 1. The monoisotopic (exact) mass is 544 g/mol. The van der Waals surface area contributed by atoms with E-state index in [9.17, 15) is 19.1 Å². The minimum absolute atomic E-state index is 0.00332. The molecule has 0 bridgehead atoms. The first-order chi connectivity index (χ1) is 19.4. The van der Waals surface area contributed by atoms with Crippen LogP contribution in [0.15, 0.2) is 78.4 Å². The molecule has 3 aromatic rings. The van der Waals surface area contributed by atoms with Crippen molar-refractivity contribution in [3.63, 3.8) is 0 Å². The predicted molar refractivity (Wildman–Crippen MR) is 149 cm³/mol. The molecule has 2 aliphatic rings. The number of ether oxygens (including phenoxy) is 2. The topological polar surface area (TPSA) is 79.3 Å². The molecule has 0 aromatic heterocycles. The molecule has 8 heteroatoms. The molecule has 40 heavy (non-hydrogen) atoms. The van der Waals surface area contributed by atoms with Crippen molar-refractivity contribution in [3.05, 3.63) is 106 Å². The minimum Gasteiger partial charge on any atom is -0.507 e. The number of Topliss-reactive ketones (excluding diaryl/α,β-unsaturated/α-hetero) is 1. The molecule has 0 aliphatic carbocycles.